The molecule has 0 amide bonds. The lowest BCUT2D eigenvalue weighted by Gasteiger charge is -2.19. The standard InChI is InChI=1S/C71H126NO8P/c1-3-5-7-9-11-13-15-17-19-21-23-25-27-29-31-32-33-34-35-36-38-40-42-44-46-48-50-52-54-56-58-60-62-64-71(74)80-69(68-79-81(75,76)78-66-65-72)67-77-70(73)63-61-59-57-55-53-51-49-47-45-43-41-39-37-30-28-26-24-22-20-18-16-14-12-10-8-6-4-2/h5-8,11-14,17-20,23-26,69H,3-4,9-10,15-16,21-22,27-68,72H2,1-2H3,(H,75,76)/b7-5-,8-6-,13-11-,14-12-,19-17-,20-18-,25-23-,26-24-. The summed E-state index contributed by atoms with van der Waals surface area (Å²) in [4.78, 5) is 35.3. The van der Waals surface area contributed by atoms with Crippen molar-refractivity contribution >= 4 is 19.8 Å². The fourth-order valence-corrected chi connectivity index (χ4v) is 10.3. The Balaban J connectivity index is 3.86. The van der Waals surface area contributed by atoms with Gasteiger partial charge in [-0.2, -0.15) is 0 Å². The Morgan fingerprint density at radius 2 is 0.642 bits per heavy atom. The van der Waals surface area contributed by atoms with E-state index in [2.05, 4.69) is 111 Å². The van der Waals surface area contributed by atoms with Gasteiger partial charge in [0.15, 0.2) is 6.10 Å². The number of hydrogen-bond acceptors (Lipinski definition) is 8. The van der Waals surface area contributed by atoms with Gasteiger partial charge in [0.1, 0.15) is 6.61 Å². The third-order valence-electron chi connectivity index (χ3n) is 14.5. The van der Waals surface area contributed by atoms with E-state index in [1.54, 1.807) is 0 Å². The van der Waals surface area contributed by atoms with Crippen LogP contribution in [0.15, 0.2) is 97.2 Å². The minimum atomic E-state index is -4.40. The van der Waals surface area contributed by atoms with Crippen molar-refractivity contribution in [2.75, 3.05) is 26.4 Å². The molecule has 0 aliphatic carbocycles. The first-order chi connectivity index (χ1) is 39.8. The van der Waals surface area contributed by atoms with Crippen LogP contribution < -0.4 is 5.73 Å². The zero-order valence-electron chi connectivity index (χ0n) is 52.5. The molecule has 0 fully saturated rings. The average molecular weight is 1150 g/mol. The molecule has 0 aliphatic heterocycles. The number of nitrogens with two attached hydrogens (primary N) is 1. The van der Waals surface area contributed by atoms with Gasteiger partial charge in [-0.3, -0.25) is 18.6 Å². The summed E-state index contributed by atoms with van der Waals surface area (Å²) in [5.74, 6) is -0.818. The van der Waals surface area contributed by atoms with E-state index >= 15 is 0 Å². The van der Waals surface area contributed by atoms with Crippen molar-refractivity contribution < 1.29 is 37.6 Å². The highest BCUT2D eigenvalue weighted by Gasteiger charge is 2.26. The Bertz CT molecular complexity index is 1650. The largest absolute Gasteiger partial charge is 0.472 e. The lowest BCUT2D eigenvalue weighted by Crippen LogP contribution is -2.29. The summed E-state index contributed by atoms with van der Waals surface area (Å²) in [6.45, 7) is 3.56. The molecule has 9 nitrogen and oxygen atoms in total. The molecule has 0 saturated carbocycles. The first kappa shape index (κ1) is 77.9. The van der Waals surface area contributed by atoms with Gasteiger partial charge in [0, 0.05) is 19.4 Å². The van der Waals surface area contributed by atoms with Crippen LogP contribution in [0.3, 0.4) is 0 Å². The number of allylic oxidation sites excluding steroid dienone is 16. The Morgan fingerprint density at radius 1 is 0.370 bits per heavy atom. The maximum absolute atomic E-state index is 12.8. The molecule has 468 valence electrons. The van der Waals surface area contributed by atoms with Gasteiger partial charge in [0.25, 0.3) is 0 Å². The minimum Gasteiger partial charge on any atom is -0.462 e. The summed E-state index contributed by atoms with van der Waals surface area (Å²) in [7, 11) is -4.40. The topological polar surface area (TPSA) is 134 Å². The van der Waals surface area contributed by atoms with E-state index in [0.29, 0.717) is 6.42 Å². The summed E-state index contributed by atoms with van der Waals surface area (Å²) in [5, 5.41) is 0. The van der Waals surface area contributed by atoms with E-state index in [9.17, 15) is 19.0 Å². The number of phosphoric ester groups is 1. The molecule has 2 atom stereocenters. The molecule has 0 aliphatic rings. The molecule has 0 aromatic heterocycles. The molecule has 0 spiro atoms. The van der Waals surface area contributed by atoms with Gasteiger partial charge in [0.05, 0.1) is 13.2 Å². The number of phosphoric acid groups is 1. The molecule has 0 heterocycles. The molecule has 2 unspecified atom stereocenters. The van der Waals surface area contributed by atoms with Crippen molar-refractivity contribution in [1.82, 2.24) is 0 Å². The van der Waals surface area contributed by atoms with E-state index in [1.807, 2.05) is 0 Å². The van der Waals surface area contributed by atoms with Gasteiger partial charge in [-0.1, -0.05) is 304 Å². The molecule has 0 aromatic rings. The van der Waals surface area contributed by atoms with Crippen LogP contribution in [-0.4, -0.2) is 49.3 Å². The number of esters is 2. The fourth-order valence-electron chi connectivity index (χ4n) is 9.56. The number of carbonyl (C=O) groups excluding carboxylic acids is 2. The number of ether oxygens (including phenoxy) is 2. The van der Waals surface area contributed by atoms with Crippen molar-refractivity contribution in [3.05, 3.63) is 97.2 Å². The van der Waals surface area contributed by atoms with Crippen LogP contribution in [0.2, 0.25) is 0 Å². The summed E-state index contributed by atoms with van der Waals surface area (Å²) in [6, 6.07) is 0. The Hall–Kier alpha value is -3.07. The van der Waals surface area contributed by atoms with Gasteiger partial charge in [-0.05, 0) is 89.9 Å². The number of carbonyl (C=O) groups is 2. The lowest BCUT2D eigenvalue weighted by atomic mass is 10.0. The Morgan fingerprint density at radius 3 is 0.951 bits per heavy atom. The van der Waals surface area contributed by atoms with Crippen LogP contribution in [0.1, 0.15) is 309 Å². The SMILES string of the molecule is CC/C=C\C/C=C\C/C=C\C/C=C\CCCCCCCCCCCCCCCCCCCCCCC(=O)OC(COC(=O)CCCCCCCCCCCCCCCC/C=C\C/C=C\C/C=C\C/C=C\CC)COP(=O)(O)OCCN. The average Bonchev–Trinajstić information content (AvgIpc) is 3.46. The monoisotopic (exact) mass is 1150 g/mol. The Kier molecular flexibility index (Phi) is 63.6. The van der Waals surface area contributed by atoms with Crippen molar-refractivity contribution in [3.8, 4) is 0 Å². The van der Waals surface area contributed by atoms with Crippen molar-refractivity contribution in [2.24, 2.45) is 5.73 Å². The van der Waals surface area contributed by atoms with E-state index in [0.717, 1.165) is 89.9 Å². The first-order valence-electron chi connectivity index (χ1n) is 33.7. The summed E-state index contributed by atoms with van der Waals surface area (Å²) in [5.41, 5.74) is 5.40. The molecule has 0 saturated heterocycles. The van der Waals surface area contributed by atoms with Gasteiger partial charge >= 0.3 is 19.8 Å². The predicted octanol–water partition coefficient (Wildman–Crippen LogP) is 22.0. The van der Waals surface area contributed by atoms with E-state index in [1.165, 1.54) is 186 Å². The first-order valence-corrected chi connectivity index (χ1v) is 35.2. The Labute approximate surface area is 499 Å². The van der Waals surface area contributed by atoms with Gasteiger partial charge in [-0.25, -0.2) is 4.57 Å². The van der Waals surface area contributed by atoms with Crippen molar-refractivity contribution in [2.45, 2.75) is 315 Å². The van der Waals surface area contributed by atoms with Gasteiger partial charge in [-0.15, -0.1) is 0 Å². The summed E-state index contributed by atoms with van der Waals surface area (Å²) < 4.78 is 33.2. The predicted molar refractivity (Wildman–Crippen MR) is 348 cm³/mol. The number of rotatable bonds is 63. The molecule has 0 radical (unpaired) electrons. The second kappa shape index (κ2) is 66.1. The van der Waals surface area contributed by atoms with E-state index < -0.39 is 26.5 Å². The molecule has 0 rings (SSSR count). The maximum Gasteiger partial charge on any atom is 0.472 e. The number of unbranched alkanes of at least 4 members (excludes halogenated alkanes) is 34. The number of hydrogen-bond donors (Lipinski definition) is 2. The third kappa shape index (κ3) is 65.9. The van der Waals surface area contributed by atoms with Gasteiger partial charge in [0.2, 0.25) is 0 Å². The summed E-state index contributed by atoms with van der Waals surface area (Å²) >= 11 is 0. The highest BCUT2D eigenvalue weighted by molar-refractivity contribution is 7.47. The lowest BCUT2D eigenvalue weighted by molar-refractivity contribution is -0.161. The van der Waals surface area contributed by atoms with Crippen molar-refractivity contribution in [3.63, 3.8) is 0 Å². The van der Waals surface area contributed by atoms with Crippen LogP contribution in [0.5, 0.6) is 0 Å². The zero-order valence-corrected chi connectivity index (χ0v) is 53.4. The zero-order chi connectivity index (χ0) is 58.7. The van der Waals surface area contributed by atoms with Crippen LogP contribution >= 0.6 is 7.82 Å². The normalized spacial score (nSPS) is 13.6. The molecule has 0 aromatic carbocycles. The van der Waals surface area contributed by atoms with E-state index in [-0.39, 0.29) is 38.6 Å². The molecular weight excluding hydrogens is 1030 g/mol. The van der Waals surface area contributed by atoms with Crippen LogP contribution in [0, 0.1) is 0 Å². The summed E-state index contributed by atoms with van der Waals surface area (Å²) in [6.07, 6.45) is 89.2. The highest BCUT2D eigenvalue weighted by atomic mass is 31.2. The second-order valence-corrected chi connectivity index (χ2v) is 23.7. The molecule has 81 heavy (non-hydrogen) atoms. The highest BCUT2D eigenvalue weighted by Crippen LogP contribution is 2.43. The fraction of sp³-hybridized carbons (Fsp3) is 0.746. The third-order valence-corrected chi connectivity index (χ3v) is 15.4. The second-order valence-electron chi connectivity index (χ2n) is 22.3. The van der Waals surface area contributed by atoms with Crippen LogP contribution in [-0.2, 0) is 32.7 Å². The smallest absolute Gasteiger partial charge is 0.462 e. The van der Waals surface area contributed by atoms with Crippen LogP contribution in [0.4, 0.5) is 0 Å². The molecule has 0 bridgehead atoms. The quantitative estimate of drug-likeness (QED) is 0.0264. The van der Waals surface area contributed by atoms with E-state index in [4.69, 9.17) is 24.3 Å². The molecular formula is C71H126NO8P. The maximum atomic E-state index is 12.8. The molecule has 3 N–H and O–H groups in total. The van der Waals surface area contributed by atoms with Crippen molar-refractivity contribution in [1.29, 1.82) is 0 Å². The van der Waals surface area contributed by atoms with Gasteiger partial charge < -0.3 is 20.1 Å². The molecule has 10 heteroatoms. The minimum absolute atomic E-state index is 0.0518. The van der Waals surface area contributed by atoms with Crippen LogP contribution in [0.25, 0.3) is 0 Å².